The average Bonchev–Trinajstić information content (AvgIpc) is 2.04. The molecule has 0 aliphatic carbocycles. The highest BCUT2D eigenvalue weighted by Crippen LogP contribution is 1.94. The van der Waals surface area contributed by atoms with Crippen molar-refractivity contribution < 1.29 is 14.8 Å². The summed E-state index contributed by atoms with van der Waals surface area (Å²) in [7, 11) is 0. The third kappa shape index (κ3) is 6.21. The molecule has 0 fully saturated rings. The van der Waals surface area contributed by atoms with Gasteiger partial charge in [-0.15, -0.1) is 0 Å². The van der Waals surface area contributed by atoms with Crippen molar-refractivity contribution in [2.24, 2.45) is 11.5 Å². The smallest absolute Gasteiger partial charge is 0.144 e. The third-order valence-corrected chi connectivity index (χ3v) is 1.13. The number of hydrogen-bond acceptors (Lipinski definition) is 5. The lowest BCUT2D eigenvalue weighted by molar-refractivity contribution is -0.538. The van der Waals surface area contributed by atoms with Crippen LogP contribution in [0.1, 0.15) is 26.7 Å². The van der Waals surface area contributed by atoms with Crippen LogP contribution in [-0.2, 0) is 14.8 Å². The molecule has 0 spiro atoms. The summed E-state index contributed by atoms with van der Waals surface area (Å²) in [5, 5.41) is 4.29. The van der Waals surface area contributed by atoms with Gasteiger partial charge >= 0.3 is 0 Å². The highest BCUT2D eigenvalue weighted by molar-refractivity contribution is 4.36. The topological polar surface area (TPSA) is 79.7 Å². The minimum atomic E-state index is -0.459. The van der Waals surface area contributed by atoms with Crippen LogP contribution in [0, 0.1) is 0 Å². The van der Waals surface area contributed by atoms with Gasteiger partial charge in [-0.05, 0) is 12.8 Å². The molecule has 0 aromatic rings. The van der Waals surface area contributed by atoms with E-state index >= 15 is 0 Å². The van der Waals surface area contributed by atoms with Crippen molar-refractivity contribution in [2.45, 2.75) is 39.1 Å². The van der Waals surface area contributed by atoms with Gasteiger partial charge in [0.05, 0.1) is 0 Å². The molecule has 2 unspecified atom stereocenters. The summed E-state index contributed by atoms with van der Waals surface area (Å²) < 4.78 is 0. The highest BCUT2D eigenvalue weighted by atomic mass is 17.5. The largest absolute Gasteiger partial charge is 0.303 e. The molecular formula is C6H16N2O3. The molecule has 0 aromatic heterocycles. The molecular weight excluding hydrogens is 148 g/mol. The van der Waals surface area contributed by atoms with Gasteiger partial charge < -0.3 is 11.5 Å². The van der Waals surface area contributed by atoms with Crippen molar-refractivity contribution in [1.82, 2.24) is 0 Å². The normalized spacial score (nSPS) is 16.4. The predicted molar refractivity (Wildman–Crippen MR) is 39.8 cm³/mol. The summed E-state index contributed by atoms with van der Waals surface area (Å²) in [4.78, 5) is 9.08. The van der Waals surface area contributed by atoms with Gasteiger partial charge in [0.2, 0.25) is 0 Å². The zero-order valence-electron chi connectivity index (χ0n) is 6.95. The van der Waals surface area contributed by atoms with Gasteiger partial charge in [-0.25, -0.2) is 0 Å². The second-order valence-electron chi connectivity index (χ2n) is 2.15. The van der Waals surface area contributed by atoms with E-state index in [1.165, 1.54) is 0 Å². The zero-order chi connectivity index (χ0) is 8.69. The lowest BCUT2D eigenvalue weighted by Gasteiger charge is -2.10. The van der Waals surface area contributed by atoms with Crippen LogP contribution in [-0.4, -0.2) is 12.5 Å². The minimum Gasteiger partial charge on any atom is -0.303 e. The maximum atomic E-state index is 5.33. The molecule has 0 aliphatic rings. The van der Waals surface area contributed by atoms with Crippen molar-refractivity contribution in [3.05, 3.63) is 0 Å². The SMILES string of the molecule is CCC(N)OOOC(N)CC. The molecule has 5 nitrogen and oxygen atoms in total. The molecule has 68 valence electrons. The molecule has 0 saturated carbocycles. The average molecular weight is 164 g/mol. The second-order valence-corrected chi connectivity index (χ2v) is 2.15. The van der Waals surface area contributed by atoms with E-state index in [9.17, 15) is 0 Å². The summed E-state index contributed by atoms with van der Waals surface area (Å²) in [6.07, 6.45) is 0.397. The third-order valence-electron chi connectivity index (χ3n) is 1.13. The first-order valence-electron chi connectivity index (χ1n) is 3.70. The number of hydrogen-bond donors (Lipinski definition) is 2. The molecule has 2 atom stereocenters. The maximum absolute atomic E-state index is 5.33. The van der Waals surface area contributed by atoms with E-state index in [1.807, 2.05) is 13.8 Å². The van der Waals surface area contributed by atoms with E-state index in [0.717, 1.165) is 0 Å². The van der Waals surface area contributed by atoms with E-state index in [2.05, 4.69) is 14.8 Å². The lowest BCUT2D eigenvalue weighted by atomic mass is 10.5. The van der Waals surface area contributed by atoms with Crippen LogP contribution in [0.25, 0.3) is 0 Å². The Morgan fingerprint density at radius 1 is 1.00 bits per heavy atom. The highest BCUT2D eigenvalue weighted by Gasteiger charge is 2.03. The molecule has 0 saturated heterocycles. The molecule has 11 heavy (non-hydrogen) atoms. The molecule has 0 amide bonds. The van der Waals surface area contributed by atoms with Gasteiger partial charge in [-0.3, -0.25) is 0 Å². The molecule has 0 aromatic carbocycles. The Balaban J connectivity index is 3.13. The van der Waals surface area contributed by atoms with Crippen LogP contribution in [0.2, 0.25) is 0 Å². The van der Waals surface area contributed by atoms with Crippen LogP contribution >= 0.6 is 0 Å². The van der Waals surface area contributed by atoms with Crippen LogP contribution < -0.4 is 11.5 Å². The van der Waals surface area contributed by atoms with Crippen LogP contribution in [0.15, 0.2) is 0 Å². The fourth-order valence-electron chi connectivity index (χ4n) is 0.260. The standard InChI is InChI=1S/C6H16N2O3/c1-3-5(7)9-11-10-6(8)4-2/h5-6H,3-4,7-8H2,1-2H3. The Kier molecular flexibility index (Phi) is 6.39. The van der Waals surface area contributed by atoms with Gasteiger partial charge in [0.15, 0.2) is 0 Å². The van der Waals surface area contributed by atoms with E-state index in [4.69, 9.17) is 11.5 Å². The van der Waals surface area contributed by atoms with Crippen molar-refractivity contribution in [3.63, 3.8) is 0 Å². The van der Waals surface area contributed by atoms with Crippen LogP contribution in [0.4, 0.5) is 0 Å². The first-order valence-corrected chi connectivity index (χ1v) is 3.70. The summed E-state index contributed by atoms with van der Waals surface area (Å²) in [6.45, 7) is 3.74. The zero-order valence-corrected chi connectivity index (χ0v) is 6.95. The van der Waals surface area contributed by atoms with Crippen molar-refractivity contribution in [2.75, 3.05) is 0 Å². The molecule has 0 aliphatic heterocycles. The van der Waals surface area contributed by atoms with Gasteiger partial charge in [0.25, 0.3) is 0 Å². The quantitative estimate of drug-likeness (QED) is 0.334. The Morgan fingerprint density at radius 2 is 1.36 bits per heavy atom. The second kappa shape index (κ2) is 6.51. The molecule has 0 rings (SSSR count). The lowest BCUT2D eigenvalue weighted by Crippen LogP contribution is -2.27. The van der Waals surface area contributed by atoms with Crippen molar-refractivity contribution >= 4 is 0 Å². The predicted octanol–water partition coefficient (Wildman–Crippen LogP) is 0.256. The molecule has 0 heterocycles. The Bertz CT molecular complexity index is 81.9. The minimum absolute atomic E-state index is 0.459. The van der Waals surface area contributed by atoms with Crippen molar-refractivity contribution in [1.29, 1.82) is 0 Å². The summed E-state index contributed by atoms with van der Waals surface area (Å²) in [5.74, 6) is 0. The van der Waals surface area contributed by atoms with E-state index in [-0.39, 0.29) is 0 Å². The summed E-state index contributed by atoms with van der Waals surface area (Å²) in [6, 6.07) is 0. The van der Waals surface area contributed by atoms with Gasteiger partial charge in [0.1, 0.15) is 12.5 Å². The van der Waals surface area contributed by atoms with Gasteiger partial charge in [0, 0.05) is 0 Å². The van der Waals surface area contributed by atoms with Gasteiger partial charge in [-0.1, -0.05) is 18.9 Å². The first kappa shape index (κ1) is 10.8. The first-order chi connectivity index (χ1) is 5.20. The molecule has 0 bridgehead atoms. The fraction of sp³-hybridized carbons (Fsp3) is 1.00. The Labute approximate surface area is 66.4 Å². The molecule has 0 radical (unpaired) electrons. The van der Waals surface area contributed by atoms with Crippen LogP contribution in [0.5, 0.6) is 0 Å². The number of nitrogens with two attached hydrogens (primary N) is 2. The monoisotopic (exact) mass is 164 g/mol. The fourth-order valence-corrected chi connectivity index (χ4v) is 0.260. The van der Waals surface area contributed by atoms with Crippen LogP contribution in [0.3, 0.4) is 0 Å². The Hall–Kier alpha value is -0.200. The summed E-state index contributed by atoms with van der Waals surface area (Å²) >= 11 is 0. The maximum Gasteiger partial charge on any atom is 0.144 e. The molecule has 4 N–H and O–H groups in total. The number of rotatable bonds is 6. The van der Waals surface area contributed by atoms with E-state index in [1.54, 1.807) is 0 Å². The van der Waals surface area contributed by atoms with E-state index < -0.39 is 12.5 Å². The van der Waals surface area contributed by atoms with E-state index in [0.29, 0.717) is 12.8 Å². The Morgan fingerprint density at radius 3 is 1.64 bits per heavy atom. The van der Waals surface area contributed by atoms with Gasteiger partial charge in [-0.2, -0.15) is 9.78 Å². The molecule has 5 heteroatoms. The van der Waals surface area contributed by atoms with Crippen molar-refractivity contribution in [3.8, 4) is 0 Å². The summed E-state index contributed by atoms with van der Waals surface area (Å²) in [5.41, 5.74) is 10.7.